The van der Waals surface area contributed by atoms with E-state index in [0.717, 1.165) is 11.1 Å². The van der Waals surface area contributed by atoms with Crippen molar-refractivity contribution in [2.75, 3.05) is 0 Å². The Balaban J connectivity index is 1.98. The Labute approximate surface area is 165 Å². The van der Waals surface area contributed by atoms with Crippen molar-refractivity contribution < 1.29 is 13.6 Å². The van der Waals surface area contributed by atoms with Crippen LogP contribution in [0.3, 0.4) is 0 Å². The summed E-state index contributed by atoms with van der Waals surface area (Å²) in [5.41, 5.74) is 9.89. The Morgan fingerprint density at radius 2 is 1.79 bits per heavy atom. The van der Waals surface area contributed by atoms with E-state index in [1.165, 1.54) is 10.8 Å². The quantitative estimate of drug-likeness (QED) is 0.558. The first-order valence-corrected chi connectivity index (χ1v) is 9.04. The van der Waals surface area contributed by atoms with Gasteiger partial charge in [-0.15, -0.1) is 0 Å². The van der Waals surface area contributed by atoms with Gasteiger partial charge >= 0.3 is 0 Å². The third kappa shape index (κ3) is 3.37. The number of aromatic nitrogens is 4. The molecule has 4 rings (SSSR count). The molecule has 0 fully saturated rings. The number of carbonyl (C=O) groups is 1. The highest BCUT2D eigenvalue weighted by Crippen LogP contribution is 2.34. The molecule has 29 heavy (non-hydrogen) atoms. The number of carbonyl (C=O) groups excluding carboxylic acids is 1. The first-order chi connectivity index (χ1) is 13.8. The minimum absolute atomic E-state index is 0.218. The Morgan fingerprint density at radius 1 is 1.10 bits per heavy atom. The van der Waals surface area contributed by atoms with Gasteiger partial charge in [0.2, 0.25) is 0 Å². The highest BCUT2D eigenvalue weighted by atomic mass is 19.3. The Bertz CT molecular complexity index is 1210. The summed E-state index contributed by atoms with van der Waals surface area (Å²) in [6.07, 6.45) is 0.536. The van der Waals surface area contributed by atoms with Gasteiger partial charge in [0.05, 0.1) is 24.1 Å². The third-order valence-corrected chi connectivity index (χ3v) is 4.84. The van der Waals surface area contributed by atoms with Crippen molar-refractivity contribution in [3.63, 3.8) is 0 Å². The first-order valence-electron chi connectivity index (χ1n) is 9.04. The zero-order valence-electron chi connectivity index (χ0n) is 15.9. The predicted octanol–water partition coefficient (Wildman–Crippen LogP) is 3.85. The Kier molecular flexibility index (Phi) is 4.62. The molecule has 1 amide bonds. The van der Waals surface area contributed by atoms with Gasteiger partial charge in [-0.2, -0.15) is 0 Å². The smallest absolute Gasteiger partial charge is 0.267 e. The van der Waals surface area contributed by atoms with Crippen molar-refractivity contribution in [3.05, 3.63) is 65.9 Å². The molecule has 8 heteroatoms. The average molecular weight is 395 g/mol. The highest BCUT2D eigenvalue weighted by Gasteiger charge is 2.21. The van der Waals surface area contributed by atoms with E-state index in [9.17, 15) is 13.6 Å². The largest absolute Gasteiger partial charge is 0.364 e. The van der Waals surface area contributed by atoms with E-state index >= 15 is 0 Å². The minimum atomic E-state index is -2.54. The number of fused-ring (bicyclic) bond motifs is 1. The van der Waals surface area contributed by atoms with Gasteiger partial charge in [-0.3, -0.25) is 9.20 Å². The predicted molar refractivity (Wildman–Crippen MR) is 106 cm³/mol. The van der Waals surface area contributed by atoms with E-state index in [4.69, 9.17) is 5.73 Å². The lowest BCUT2D eigenvalue weighted by Crippen LogP contribution is -2.14. The van der Waals surface area contributed by atoms with Gasteiger partial charge in [0.15, 0.2) is 0 Å². The van der Waals surface area contributed by atoms with E-state index in [0.29, 0.717) is 28.4 Å². The molecule has 0 aliphatic heterocycles. The van der Waals surface area contributed by atoms with Gasteiger partial charge in [-0.1, -0.05) is 29.8 Å². The molecule has 0 aliphatic carbocycles. The standard InChI is InChI=1S/C21H19F2N5O/c1-12-3-5-14(6-4-12)19-20(27(11-17(22)23)13(2)26-19)15-7-8-18-25-9-16(21(24)29)28(18)10-15/h3-10,17H,11H2,1-2H3,(H2,24,29). The number of halogens is 2. The Morgan fingerprint density at radius 3 is 2.45 bits per heavy atom. The number of alkyl halides is 2. The summed E-state index contributed by atoms with van der Waals surface area (Å²) in [7, 11) is 0. The molecule has 0 atom stereocenters. The van der Waals surface area contributed by atoms with E-state index in [2.05, 4.69) is 9.97 Å². The van der Waals surface area contributed by atoms with Crippen LogP contribution in [0.4, 0.5) is 8.78 Å². The zero-order valence-corrected chi connectivity index (χ0v) is 15.9. The first kappa shape index (κ1) is 18.8. The number of hydrogen-bond donors (Lipinski definition) is 1. The lowest BCUT2D eigenvalue weighted by molar-refractivity contribution is 0.0994. The molecule has 0 saturated heterocycles. The fraction of sp³-hybridized carbons (Fsp3) is 0.190. The second kappa shape index (κ2) is 7.12. The second-order valence-electron chi connectivity index (χ2n) is 6.88. The van der Waals surface area contributed by atoms with Crippen LogP contribution in [0.25, 0.3) is 28.2 Å². The van der Waals surface area contributed by atoms with Crippen LogP contribution in [0.5, 0.6) is 0 Å². The van der Waals surface area contributed by atoms with Gasteiger partial charge < -0.3 is 10.3 Å². The van der Waals surface area contributed by atoms with Crippen molar-refractivity contribution in [2.45, 2.75) is 26.8 Å². The number of amides is 1. The number of benzene rings is 1. The minimum Gasteiger partial charge on any atom is -0.364 e. The van der Waals surface area contributed by atoms with Crippen LogP contribution in [0, 0.1) is 13.8 Å². The zero-order chi connectivity index (χ0) is 20.7. The monoisotopic (exact) mass is 395 g/mol. The number of imidazole rings is 2. The molecule has 0 aliphatic rings. The summed E-state index contributed by atoms with van der Waals surface area (Å²) in [5.74, 6) is -0.137. The summed E-state index contributed by atoms with van der Waals surface area (Å²) in [6, 6.07) is 11.2. The summed E-state index contributed by atoms with van der Waals surface area (Å²) < 4.78 is 29.7. The van der Waals surface area contributed by atoms with E-state index < -0.39 is 18.9 Å². The molecule has 2 N–H and O–H groups in total. The molecule has 0 saturated carbocycles. The van der Waals surface area contributed by atoms with Gasteiger partial charge in [0.1, 0.15) is 17.2 Å². The van der Waals surface area contributed by atoms with Gasteiger partial charge in [-0.25, -0.2) is 18.7 Å². The summed E-state index contributed by atoms with van der Waals surface area (Å²) in [4.78, 5) is 20.4. The summed E-state index contributed by atoms with van der Waals surface area (Å²) in [6.45, 7) is 3.20. The topological polar surface area (TPSA) is 78.2 Å². The molecule has 148 valence electrons. The van der Waals surface area contributed by atoms with E-state index in [-0.39, 0.29) is 5.69 Å². The molecule has 0 bridgehead atoms. The number of hydrogen-bond acceptors (Lipinski definition) is 3. The molecule has 4 aromatic rings. The van der Waals surface area contributed by atoms with Crippen LogP contribution in [0.15, 0.2) is 48.8 Å². The lowest BCUT2D eigenvalue weighted by atomic mass is 10.0. The van der Waals surface area contributed by atoms with E-state index in [1.807, 2.05) is 31.2 Å². The number of primary amides is 1. The number of nitrogens with zero attached hydrogens (tertiary/aromatic N) is 4. The van der Waals surface area contributed by atoms with Gasteiger partial charge in [-0.05, 0) is 26.0 Å². The van der Waals surface area contributed by atoms with Crippen LogP contribution in [-0.4, -0.2) is 31.3 Å². The molecule has 0 radical (unpaired) electrons. The van der Waals surface area contributed by atoms with Crippen LogP contribution in [0.2, 0.25) is 0 Å². The summed E-state index contributed by atoms with van der Waals surface area (Å²) >= 11 is 0. The third-order valence-electron chi connectivity index (χ3n) is 4.84. The summed E-state index contributed by atoms with van der Waals surface area (Å²) in [5, 5.41) is 0. The molecule has 1 aromatic carbocycles. The fourth-order valence-electron chi connectivity index (χ4n) is 3.43. The molecular weight excluding hydrogens is 376 g/mol. The number of nitrogens with two attached hydrogens (primary N) is 1. The van der Waals surface area contributed by atoms with E-state index in [1.54, 1.807) is 29.7 Å². The van der Waals surface area contributed by atoms with Crippen molar-refractivity contribution >= 4 is 11.6 Å². The van der Waals surface area contributed by atoms with Crippen molar-refractivity contribution in [1.82, 2.24) is 18.9 Å². The van der Waals surface area contributed by atoms with Gasteiger partial charge in [0, 0.05) is 17.3 Å². The maximum absolute atomic E-state index is 13.3. The fourth-order valence-corrected chi connectivity index (χ4v) is 3.43. The molecule has 3 heterocycles. The molecule has 0 spiro atoms. The second-order valence-corrected chi connectivity index (χ2v) is 6.88. The molecular formula is C21H19F2N5O. The lowest BCUT2D eigenvalue weighted by Gasteiger charge is -2.12. The van der Waals surface area contributed by atoms with Gasteiger partial charge in [0.25, 0.3) is 12.3 Å². The maximum Gasteiger partial charge on any atom is 0.267 e. The van der Waals surface area contributed by atoms with Crippen LogP contribution in [-0.2, 0) is 6.54 Å². The van der Waals surface area contributed by atoms with Crippen molar-refractivity contribution in [1.29, 1.82) is 0 Å². The van der Waals surface area contributed by atoms with Crippen LogP contribution >= 0.6 is 0 Å². The molecule has 0 unspecified atom stereocenters. The van der Waals surface area contributed by atoms with Crippen molar-refractivity contribution in [2.24, 2.45) is 5.73 Å². The normalized spacial score (nSPS) is 11.5. The number of aryl methyl sites for hydroxylation is 2. The van der Waals surface area contributed by atoms with Crippen molar-refractivity contribution in [3.8, 4) is 22.5 Å². The SMILES string of the molecule is Cc1ccc(-c2nc(C)n(CC(F)F)c2-c2ccc3ncc(C(N)=O)n3c2)cc1. The number of rotatable bonds is 5. The van der Waals surface area contributed by atoms with Crippen LogP contribution < -0.4 is 5.73 Å². The molecule has 6 nitrogen and oxygen atoms in total. The van der Waals surface area contributed by atoms with Crippen LogP contribution in [0.1, 0.15) is 21.9 Å². The highest BCUT2D eigenvalue weighted by molar-refractivity contribution is 5.92. The molecule has 3 aromatic heterocycles. The number of pyridine rings is 1. The Hall–Kier alpha value is -3.55. The average Bonchev–Trinajstić information content (AvgIpc) is 3.23. The maximum atomic E-state index is 13.3.